The van der Waals surface area contributed by atoms with E-state index in [1.54, 1.807) is 24.3 Å². The fraction of sp³-hybridized carbons (Fsp3) is 0.143. The fourth-order valence-corrected chi connectivity index (χ4v) is 2.55. The Hall–Kier alpha value is -3.14. The van der Waals surface area contributed by atoms with E-state index in [4.69, 9.17) is 9.52 Å². The number of carboxylic acid groups (broad SMARTS) is 1. The van der Waals surface area contributed by atoms with E-state index >= 15 is 0 Å². The molecule has 0 radical (unpaired) electrons. The van der Waals surface area contributed by atoms with Crippen LogP contribution in [0.5, 0.6) is 0 Å². The summed E-state index contributed by atoms with van der Waals surface area (Å²) < 4.78 is 5.78. The van der Waals surface area contributed by atoms with Gasteiger partial charge in [0.2, 0.25) is 0 Å². The van der Waals surface area contributed by atoms with Gasteiger partial charge in [-0.05, 0) is 47.4 Å². The highest BCUT2D eigenvalue weighted by Gasteiger charge is 2.06. The zero-order valence-corrected chi connectivity index (χ0v) is 14.0. The van der Waals surface area contributed by atoms with Gasteiger partial charge in [0.1, 0.15) is 11.3 Å². The molecule has 126 valence electrons. The van der Waals surface area contributed by atoms with Crippen LogP contribution in [0.4, 0.5) is 0 Å². The number of benzene rings is 2. The molecule has 1 N–H and O–H groups in total. The molecule has 0 aliphatic carbocycles. The Morgan fingerprint density at radius 2 is 1.76 bits per heavy atom. The minimum atomic E-state index is -0.961. The maximum absolute atomic E-state index is 12.3. The summed E-state index contributed by atoms with van der Waals surface area (Å²) in [6.07, 6.45) is 3.48. The van der Waals surface area contributed by atoms with E-state index in [9.17, 15) is 9.59 Å². The third kappa shape index (κ3) is 3.69. The van der Waals surface area contributed by atoms with Gasteiger partial charge in [-0.25, -0.2) is 4.79 Å². The highest BCUT2D eigenvalue weighted by molar-refractivity contribution is 5.88. The van der Waals surface area contributed by atoms with Gasteiger partial charge in [-0.2, -0.15) is 0 Å². The second-order valence-corrected chi connectivity index (χ2v) is 6.18. The molecule has 0 unspecified atom stereocenters. The molecule has 0 aliphatic rings. The summed E-state index contributed by atoms with van der Waals surface area (Å²) in [7, 11) is 0. The van der Waals surface area contributed by atoms with Gasteiger partial charge in [-0.3, -0.25) is 4.79 Å². The predicted octanol–water partition coefficient (Wildman–Crippen LogP) is 4.79. The molecule has 0 saturated heterocycles. The monoisotopic (exact) mass is 334 g/mol. The van der Waals surface area contributed by atoms with E-state index in [-0.39, 0.29) is 11.0 Å². The molecular formula is C21H18O4. The summed E-state index contributed by atoms with van der Waals surface area (Å²) >= 11 is 0. The normalized spacial score (nSPS) is 11.5. The Kier molecular flexibility index (Phi) is 4.52. The molecule has 0 aliphatic heterocycles. The third-order valence-electron chi connectivity index (χ3n) is 4.03. The highest BCUT2D eigenvalue weighted by Crippen LogP contribution is 2.21. The molecule has 3 rings (SSSR count). The molecule has 0 bridgehead atoms. The minimum absolute atomic E-state index is 0.0791. The molecule has 4 nitrogen and oxygen atoms in total. The lowest BCUT2D eigenvalue weighted by molar-refractivity contribution is 0.0697. The standard InChI is InChI=1S/C21H18O4/c1-13(2)16-8-10-20-18(11-16)19(22)12-17(25-20)9-5-14-3-6-15(7-4-14)21(23)24/h3-13H,1-2H3,(H,23,24). The summed E-state index contributed by atoms with van der Waals surface area (Å²) in [5.74, 6) is -0.161. The summed E-state index contributed by atoms with van der Waals surface area (Å²) in [6.45, 7) is 4.16. The molecule has 0 saturated carbocycles. The topological polar surface area (TPSA) is 67.5 Å². The number of hydrogen-bond acceptors (Lipinski definition) is 3. The van der Waals surface area contributed by atoms with Crippen molar-refractivity contribution in [2.75, 3.05) is 0 Å². The van der Waals surface area contributed by atoms with E-state index in [0.717, 1.165) is 11.1 Å². The van der Waals surface area contributed by atoms with Crippen molar-refractivity contribution in [1.82, 2.24) is 0 Å². The van der Waals surface area contributed by atoms with Crippen molar-refractivity contribution < 1.29 is 14.3 Å². The maximum Gasteiger partial charge on any atom is 0.335 e. The molecule has 4 heteroatoms. The molecule has 0 amide bonds. The van der Waals surface area contributed by atoms with Gasteiger partial charge >= 0.3 is 5.97 Å². The van der Waals surface area contributed by atoms with Crippen LogP contribution in [0.15, 0.2) is 57.7 Å². The van der Waals surface area contributed by atoms with Crippen molar-refractivity contribution in [3.63, 3.8) is 0 Å². The van der Waals surface area contributed by atoms with Crippen LogP contribution in [0.25, 0.3) is 23.1 Å². The van der Waals surface area contributed by atoms with Gasteiger partial charge in [0.25, 0.3) is 0 Å². The number of fused-ring (bicyclic) bond motifs is 1. The van der Waals surface area contributed by atoms with Crippen LogP contribution in [0.1, 0.15) is 47.0 Å². The third-order valence-corrected chi connectivity index (χ3v) is 4.03. The largest absolute Gasteiger partial charge is 0.478 e. The van der Waals surface area contributed by atoms with Crippen LogP contribution in [0, 0.1) is 0 Å². The number of carboxylic acids is 1. The Labute approximate surface area is 145 Å². The molecule has 25 heavy (non-hydrogen) atoms. The van der Waals surface area contributed by atoms with E-state index in [1.807, 2.05) is 18.2 Å². The first-order chi connectivity index (χ1) is 11.9. The van der Waals surface area contributed by atoms with Crippen LogP contribution in [-0.2, 0) is 0 Å². The number of aromatic carboxylic acids is 1. The van der Waals surface area contributed by atoms with Crippen LogP contribution in [0.3, 0.4) is 0 Å². The van der Waals surface area contributed by atoms with Crippen LogP contribution in [0.2, 0.25) is 0 Å². The minimum Gasteiger partial charge on any atom is -0.478 e. The van der Waals surface area contributed by atoms with Crippen molar-refractivity contribution in [1.29, 1.82) is 0 Å². The first-order valence-electron chi connectivity index (χ1n) is 8.03. The lowest BCUT2D eigenvalue weighted by atomic mass is 10.0. The predicted molar refractivity (Wildman–Crippen MR) is 98.9 cm³/mol. The van der Waals surface area contributed by atoms with Gasteiger partial charge in [-0.15, -0.1) is 0 Å². The second kappa shape index (κ2) is 6.77. The second-order valence-electron chi connectivity index (χ2n) is 6.18. The first kappa shape index (κ1) is 16.7. The lowest BCUT2D eigenvalue weighted by Gasteiger charge is -2.06. The first-order valence-corrected chi connectivity index (χ1v) is 8.03. The van der Waals surface area contributed by atoms with E-state index in [2.05, 4.69) is 13.8 Å². The lowest BCUT2D eigenvalue weighted by Crippen LogP contribution is -2.01. The zero-order valence-electron chi connectivity index (χ0n) is 14.0. The van der Waals surface area contributed by atoms with Crippen molar-refractivity contribution in [2.24, 2.45) is 0 Å². The van der Waals surface area contributed by atoms with E-state index < -0.39 is 5.97 Å². The van der Waals surface area contributed by atoms with Gasteiger partial charge in [0.15, 0.2) is 5.43 Å². The Morgan fingerprint density at radius 1 is 1.04 bits per heavy atom. The quantitative estimate of drug-likeness (QED) is 0.745. The average molecular weight is 334 g/mol. The maximum atomic E-state index is 12.3. The van der Waals surface area contributed by atoms with Crippen molar-refractivity contribution in [3.8, 4) is 0 Å². The van der Waals surface area contributed by atoms with Crippen molar-refractivity contribution in [3.05, 3.63) is 81.2 Å². The molecule has 0 spiro atoms. The van der Waals surface area contributed by atoms with Crippen molar-refractivity contribution in [2.45, 2.75) is 19.8 Å². The summed E-state index contributed by atoms with van der Waals surface area (Å²) in [6, 6.07) is 13.6. The molecule has 2 aromatic carbocycles. The summed E-state index contributed by atoms with van der Waals surface area (Å²) in [4.78, 5) is 23.2. The molecular weight excluding hydrogens is 316 g/mol. The smallest absolute Gasteiger partial charge is 0.335 e. The van der Waals surface area contributed by atoms with Crippen LogP contribution >= 0.6 is 0 Å². The SMILES string of the molecule is CC(C)c1ccc2oc(C=Cc3ccc(C(=O)O)cc3)cc(=O)c2c1. The van der Waals surface area contributed by atoms with Gasteiger partial charge in [-0.1, -0.05) is 38.1 Å². The van der Waals surface area contributed by atoms with Gasteiger partial charge in [0, 0.05) is 6.07 Å². The average Bonchev–Trinajstić information content (AvgIpc) is 2.60. The Morgan fingerprint density at radius 3 is 2.40 bits per heavy atom. The van der Waals surface area contributed by atoms with Crippen molar-refractivity contribution >= 4 is 29.1 Å². The summed E-state index contributed by atoms with van der Waals surface area (Å²) in [5.41, 5.74) is 2.63. The zero-order chi connectivity index (χ0) is 18.0. The molecule has 0 fully saturated rings. The van der Waals surface area contributed by atoms with Gasteiger partial charge in [0.05, 0.1) is 10.9 Å². The number of hydrogen-bond donors (Lipinski definition) is 1. The molecule has 3 aromatic rings. The Balaban J connectivity index is 1.92. The van der Waals surface area contributed by atoms with Crippen LogP contribution in [-0.4, -0.2) is 11.1 Å². The highest BCUT2D eigenvalue weighted by atomic mass is 16.4. The molecule has 1 aromatic heterocycles. The van der Waals surface area contributed by atoms with E-state index in [1.165, 1.54) is 18.2 Å². The van der Waals surface area contributed by atoms with Gasteiger partial charge < -0.3 is 9.52 Å². The molecule has 0 atom stereocenters. The summed E-state index contributed by atoms with van der Waals surface area (Å²) in [5, 5.41) is 9.48. The van der Waals surface area contributed by atoms with Crippen LogP contribution < -0.4 is 5.43 Å². The Bertz CT molecular complexity index is 1010. The number of rotatable bonds is 4. The molecule has 1 heterocycles. The fourth-order valence-electron chi connectivity index (χ4n) is 2.55. The number of carbonyl (C=O) groups is 1. The van der Waals surface area contributed by atoms with E-state index in [0.29, 0.717) is 22.6 Å².